The molecule has 1 radical (unpaired) electrons. The van der Waals surface area contributed by atoms with Crippen molar-refractivity contribution < 1.29 is 0 Å². The van der Waals surface area contributed by atoms with Crippen LogP contribution in [0.1, 0.15) is 9.75 Å². The maximum atomic E-state index is 5.70. The lowest BCUT2D eigenvalue weighted by atomic mass is 10.5. The van der Waals surface area contributed by atoms with Crippen molar-refractivity contribution in [2.75, 3.05) is 0 Å². The van der Waals surface area contributed by atoms with Crippen LogP contribution in [0, 0.1) is 0 Å². The van der Waals surface area contributed by atoms with E-state index in [1.807, 2.05) is 0 Å². The zero-order chi connectivity index (χ0) is 10.7. The van der Waals surface area contributed by atoms with Gasteiger partial charge in [0.2, 0.25) is 0 Å². The summed E-state index contributed by atoms with van der Waals surface area (Å²) in [4.78, 5) is 10.0. The van der Waals surface area contributed by atoms with Crippen LogP contribution in [0.4, 0.5) is 0 Å². The second-order valence-electron chi connectivity index (χ2n) is 2.70. The van der Waals surface area contributed by atoms with Crippen LogP contribution in [-0.4, -0.2) is 9.97 Å². The maximum Gasteiger partial charge on any atom is 0.183 e. The average Bonchev–Trinajstić information content (AvgIpc) is 2.76. The molecular weight excluding hydrogens is 273 g/mol. The van der Waals surface area contributed by atoms with Gasteiger partial charge in [0.15, 0.2) is 8.93 Å². The fourth-order valence-corrected chi connectivity index (χ4v) is 2.85. The quantitative estimate of drug-likeness (QED) is 0.862. The predicted molar refractivity (Wildman–Crippen MR) is 63.8 cm³/mol. The molecule has 0 fully saturated rings. The number of thiazole rings is 2. The summed E-state index contributed by atoms with van der Waals surface area (Å²) in [5, 5.41) is 4.36. The van der Waals surface area contributed by atoms with Gasteiger partial charge in [-0.25, -0.2) is 15.3 Å². The molecule has 0 spiro atoms. The minimum absolute atomic E-state index is 0.557. The third-order valence-corrected chi connectivity index (χ3v) is 3.79. The summed E-state index contributed by atoms with van der Waals surface area (Å²) in [6.45, 7) is 1.28. The molecule has 79 valence electrons. The van der Waals surface area contributed by atoms with Crippen molar-refractivity contribution >= 4 is 45.9 Å². The molecule has 0 aliphatic rings. The minimum atomic E-state index is 0.557. The van der Waals surface area contributed by atoms with Crippen LogP contribution in [0.2, 0.25) is 8.93 Å². The summed E-state index contributed by atoms with van der Waals surface area (Å²) >= 11 is 14.3. The van der Waals surface area contributed by atoms with E-state index in [1.165, 1.54) is 22.7 Å². The van der Waals surface area contributed by atoms with E-state index in [1.54, 1.807) is 12.4 Å². The molecule has 0 saturated carbocycles. The molecule has 3 nitrogen and oxygen atoms in total. The molecule has 0 N–H and O–H groups in total. The summed E-state index contributed by atoms with van der Waals surface area (Å²) in [5.74, 6) is 0. The van der Waals surface area contributed by atoms with Gasteiger partial charge in [-0.2, -0.15) is 0 Å². The van der Waals surface area contributed by atoms with Gasteiger partial charge in [0.1, 0.15) is 0 Å². The van der Waals surface area contributed by atoms with Crippen LogP contribution in [0.3, 0.4) is 0 Å². The SMILES string of the molecule is Clc1ncc(C[N]Cc2cnc(Cl)s2)s1. The number of nitrogens with zero attached hydrogens (tertiary/aromatic N) is 3. The van der Waals surface area contributed by atoms with Crippen molar-refractivity contribution in [3.63, 3.8) is 0 Å². The summed E-state index contributed by atoms with van der Waals surface area (Å²) in [5.41, 5.74) is 0. The van der Waals surface area contributed by atoms with E-state index < -0.39 is 0 Å². The molecular formula is C8H6Cl2N3S2. The lowest BCUT2D eigenvalue weighted by Gasteiger charge is -1.95. The van der Waals surface area contributed by atoms with Crippen LogP contribution in [0.15, 0.2) is 12.4 Å². The predicted octanol–water partition coefficient (Wildman–Crippen LogP) is 3.21. The van der Waals surface area contributed by atoms with Crippen molar-refractivity contribution in [2.45, 2.75) is 13.1 Å². The molecule has 2 aromatic heterocycles. The minimum Gasteiger partial charge on any atom is -0.233 e. The van der Waals surface area contributed by atoms with Crippen LogP contribution >= 0.6 is 45.9 Å². The lowest BCUT2D eigenvalue weighted by molar-refractivity contribution is 0.690. The lowest BCUT2D eigenvalue weighted by Crippen LogP contribution is -2.01. The fraction of sp³-hybridized carbons (Fsp3) is 0.250. The van der Waals surface area contributed by atoms with E-state index in [9.17, 15) is 0 Å². The van der Waals surface area contributed by atoms with Gasteiger partial charge < -0.3 is 0 Å². The van der Waals surface area contributed by atoms with Crippen molar-refractivity contribution in [1.29, 1.82) is 0 Å². The Kier molecular flexibility index (Phi) is 3.93. The summed E-state index contributed by atoms with van der Waals surface area (Å²) in [6, 6.07) is 0. The van der Waals surface area contributed by atoms with E-state index in [4.69, 9.17) is 23.2 Å². The Hall–Kier alpha value is -0.200. The first-order chi connectivity index (χ1) is 7.24. The summed E-state index contributed by atoms with van der Waals surface area (Å²) < 4.78 is 1.11. The van der Waals surface area contributed by atoms with Gasteiger partial charge >= 0.3 is 0 Å². The molecule has 0 aromatic carbocycles. The molecule has 0 amide bonds. The van der Waals surface area contributed by atoms with E-state index in [0.29, 0.717) is 22.0 Å². The first kappa shape index (κ1) is 11.3. The van der Waals surface area contributed by atoms with E-state index >= 15 is 0 Å². The molecule has 0 aliphatic heterocycles. The van der Waals surface area contributed by atoms with Crippen LogP contribution < -0.4 is 5.32 Å². The first-order valence-corrected chi connectivity index (χ1v) is 6.46. The molecule has 15 heavy (non-hydrogen) atoms. The van der Waals surface area contributed by atoms with Crippen LogP contribution in [0.5, 0.6) is 0 Å². The topological polar surface area (TPSA) is 39.9 Å². The van der Waals surface area contributed by atoms with Crippen molar-refractivity contribution in [3.8, 4) is 0 Å². The Morgan fingerprint density at radius 3 is 1.80 bits per heavy atom. The number of hydrogen-bond acceptors (Lipinski definition) is 4. The van der Waals surface area contributed by atoms with Gasteiger partial charge in [-0.1, -0.05) is 23.2 Å². The smallest absolute Gasteiger partial charge is 0.183 e. The molecule has 2 aromatic rings. The third kappa shape index (κ3) is 3.39. The molecule has 0 atom stereocenters. The highest BCUT2D eigenvalue weighted by Crippen LogP contribution is 2.19. The Bertz CT molecular complexity index is 400. The summed E-state index contributed by atoms with van der Waals surface area (Å²) in [6.07, 6.45) is 3.49. The van der Waals surface area contributed by atoms with Gasteiger partial charge in [0.25, 0.3) is 0 Å². The van der Waals surface area contributed by atoms with E-state index in [0.717, 1.165) is 9.75 Å². The highest BCUT2D eigenvalue weighted by atomic mass is 35.5. The Labute approximate surface area is 105 Å². The Balaban J connectivity index is 1.80. The number of hydrogen-bond donors (Lipinski definition) is 0. The van der Waals surface area contributed by atoms with Gasteiger partial charge in [-0.3, -0.25) is 0 Å². The second kappa shape index (κ2) is 5.23. The van der Waals surface area contributed by atoms with E-state index in [2.05, 4.69) is 15.3 Å². The molecule has 7 heteroatoms. The molecule has 2 rings (SSSR count). The molecule has 2 heterocycles. The molecule has 0 aliphatic carbocycles. The maximum absolute atomic E-state index is 5.70. The van der Waals surface area contributed by atoms with Gasteiger partial charge in [-0.05, 0) is 0 Å². The Morgan fingerprint density at radius 2 is 1.47 bits per heavy atom. The number of rotatable bonds is 4. The fourth-order valence-electron chi connectivity index (χ4n) is 0.990. The molecule has 0 unspecified atom stereocenters. The monoisotopic (exact) mass is 278 g/mol. The van der Waals surface area contributed by atoms with Gasteiger partial charge in [0, 0.05) is 35.2 Å². The van der Waals surface area contributed by atoms with Crippen LogP contribution in [0.25, 0.3) is 0 Å². The largest absolute Gasteiger partial charge is 0.233 e. The van der Waals surface area contributed by atoms with E-state index in [-0.39, 0.29) is 0 Å². The second-order valence-corrected chi connectivity index (χ2v) is 6.09. The van der Waals surface area contributed by atoms with Crippen molar-refractivity contribution in [2.24, 2.45) is 0 Å². The normalized spacial score (nSPS) is 10.8. The highest BCUT2D eigenvalue weighted by molar-refractivity contribution is 7.16. The van der Waals surface area contributed by atoms with Gasteiger partial charge in [-0.15, -0.1) is 22.7 Å². The average molecular weight is 279 g/mol. The van der Waals surface area contributed by atoms with Crippen LogP contribution in [-0.2, 0) is 13.1 Å². The van der Waals surface area contributed by atoms with Crippen molar-refractivity contribution in [1.82, 2.24) is 15.3 Å². The molecule has 0 bridgehead atoms. The standard InChI is InChI=1S/C8H6Cl2N3S2/c9-7-12-3-5(14-7)1-11-2-6-4-13-8(10)15-6/h3-4H,1-2H2. The zero-order valence-corrected chi connectivity index (χ0v) is 10.6. The van der Waals surface area contributed by atoms with Gasteiger partial charge in [0.05, 0.1) is 0 Å². The zero-order valence-electron chi connectivity index (χ0n) is 7.48. The summed E-state index contributed by atoms with van der Waals surface area (Å²) in [7, 11) is 0. The third-order valence-electron chi connectivity index (χ3n) is 1.59. The highest BCUT2D eigenvalue weighted by Gasteiger charge is 2.02. The number of halogens is 2. The van der Waals surface area contributed by atoms with Crippen molar-refractivity contribution in [3.05, 3.63) is 31.1 Å². The first-order valence-electron chi connectivity index (χ1n) is 4.07. The number of aromatic nitrogens is 2. The molecule has 0 saturated heterocycles. The Morgan fingerprint density at radius 1 is 1.00 bits per heavy atom.